The third kappa shape index (κ3) is 4.71. The second-order valence-electron chi connectivity index (χ2n) is 5.28. The highest BCUT2D eigenvalue weighted by Gasteiger charge is 2.12. The van der Waals surface area contributed by atoms with Crippen LogP contribution in [0.5, 0.6) is 0 Å². The minimum absolute atomic E-state index is 0.499. The van der Waals surface area contributed by atoms with E-state index in [4.69, 9.17) is 4.74 Å². The maximum atomic E-state index is 5.39. The predicted octanol–water partition coefficient (Wildman–Crippen LogP) is 4.00. The molecule has 1 aliphatic rings. The van der Waals surface area contributed by atoms with E-state index in [1.54, 1.807) is 11.3 Å². The summed E-state index contributed by atoms with van der Waals surface area (Å²) >= 11 is 1.78. The zero-order valence-corrected chi connectivity index (χ0v) is 12.2. The van der Waals surface area contributed by atoms with Crippen molar-refractivity contribution < 1.29 is 4.74 Å². The Morgan fingerprint density at radius 2 is 2.22 bits per heavy atom. The van der Waals surface area contributed by atoms with Gasteiger partial charge in [-0.15, -0.1) is 0 Å². The summed E-state index contributed by atoms with van der Waals surface area (Å²) in [7, 11) is 0. The molecule has 0 spiro atoms. The molecule has 1 aromatic heterocycles. The Labute approximate surface area is 115 Å². The Kier molecular flexibility index (Phi) is 6.18. The molecule has 1 N–H and O–H groups in total. The van der Waals surface area contributed by atoms with Gasteiger partial charge in [0.2, 0.25) is 0 Å². The Morgan fingerprint density at radius 3 is 2.94 bits per heavy atom. The molecule has 1 atom stereocenters. The lowest BCUT2D eigenvalue weighted by atomic mass is 9.94. The lowest BCUT2D eigenvalue weighted by Gasteiger charge is -2.21. The van der Waals surface area contributed by atoms with Gasteiger partial charge in [-0.1, -0.05) is 12.8 Å². The summed E-state index contributed by atoms with van der Waals surface area (Å²) in [5.74, 6) is 0.924. The van der Waals surface area contributed by atoms with Crippen LogP contribution in [-0.4, -0.2) is 19.8 Å². The fourth-order valence-corrected chi connectivity index (χ4v) is 3.30. The van der Waals surface area contributed by atoms with Crippen molar-refractivity contribution in [2.45, 2.75) is 45.1 Å². The molecule has 0 aliphatic carbocycles. The van der Waals surface area contributed by atoms with Gasteiger partial charge in [-0.25, -0.2) is 0 Å². The van der Waals surface area contributed by atoms with Gasteiger partial charge >= 0.3 is 0 Å². The molecule has 0 saturated carbocycles. The van der Waals surface area contributed by atoms with E-state index < -0.39 is 0 Å². The van der Waals surface area contributed by atoms with Gasteiger partial charge in [0, 0.05) is 19.3 Å². The number of hydrogen-bond donors (Lipinski definition) is 1. The van der Waals surface area contributed by atoms with Gasteiger partial charge in [0.05, 0.1) is 0 Å². The second kappa shape index (κ2) is 7.93. The van der Waals surface area contributed by atoms with Crippen LogP contribution in [0.4, 0.5) is 0 Å². The van der Waals surface area contributed by atoms with Crippen molar-refractivity contribution in [1.29, 1.82) is 0 Å². The third-order valence-electron chi connectivity index (χ3n) is 3.87. The highest BCUT2D eigenvalue weighted by Crippen LogP contribution is 2.21. The van der Waals surface area contributed by atoms with Crippen molar-refractivity contribution in [1.82, 2.24) is 5.32 Å². The van der Waals surface area contributed by atoms with Crippen molar-refractivity contribution in [2.75, 3.05) is 19.8 Å². The highest BCUT2D eigenvalue weighted by molar-refractivity contribution is 7.07. The molecule has 1 aliphatic heterocycles. The Balaban J connectivity index is 1.50. The van der Waals surface area contributed by atoms with Gasteiger partial charge in [-0.2, -0.15) is 11.3 Å². The largest absolute Gasteiger partial charge is 0.381 e. The summed E-state index contributed by atoms with van der Waals surface area (Å²) in [6, 6.07) is 2.71. The van der Waals surface area contributed by atoms with E-state index in [2.05, 4.69) is 29.1 Å². The van der Waals surface area contributed by atoms with Crippen molar-refractivity contribution >= 4 is 11.3 Å². The van der Waals surface area contributed by atoms with E-state index in [0.717, 1.165) is 25.7 Å². The molecule has 0 radical (unpaired) electrons. The van der Waals surface area contributed by atoms with Crippen LogP contribution < -0.4 is 5.32 Å². The van der Waals surface area contributed by atoms with Crippen LogP contribution in [0.1, 0.15) is 50.6 Å². The SMILES string of the molecule is CC(NCCCCC1CCOCC1)c1ccsc1. The third-order valence-corrected chi connectivity index (χ3v) is 4.58. The molecule has 102 valence electrons. The first kappa shape index (κ1) is 14.0. The van der Waals surface area contributed by atoms with Crippen LogP contribution in [0.2, 0.25) is 0 Å². The molecule has 2 heterocycles. The van der Waals surface area contributed by atoms with Gasteiger partial charge in [0.25, 0.3) is 0 Å². The predicted molar refractivity (Wildman–Crippen MR) is 78.1 cm³/mol. The maximum Gasteiger partial charge on any atom is 0.0468 e. The van der Waals surface area contributed by atoms with Gasteiger partial charge in [0.1, 0.15) is 0 Å². The van der Waals surface area contributed by atoms with E-state index in [1.165, 1.54) is 37.7 Å². The van der Waals surface area contributed by atoms with Gasteiger partial charge < -0.3 is 10.1 Å². The molecular formula is C15H25NOS. The molecule has 3 heteroatoms. The van der Waals surface area contributed by atoms with E-state index in [0.29, 0.717) is 6.04 Å². The molecule has 0 bridgehead atoms. The minimum atomic E-state index is 0.499. The number of hydrogen-bond acceptors (Lipinski definition) is 3. The van der Waals surface area contributed by atoms with Crippen molar-refractivity contribution in [3.8, 4) is 0 Å². The second-order valence-corrected chi connectivity index (χ2v) is 6.06. The maximum absolute atomic E-state index is 5.39. The number of ether oxygens (including phenoxy) is 1. The van der Waals surface area contributed by atoms with Crippen molar-refractivity contribution in [2.24, 2.45) is 5.92 Å². The van der Waals surface area contributed by atoms with Crippen LogP contribution in [0.3, 0.4) is 0 Å². The molecule has 18 heavy (non-hydrogen) atoms. The minimum Gasteiger partial charge on any atom is -0.381 e. The number of nitrogens with one attached hydrogen (secondary N) is 1. The molecule has 0 amide bonds. The van der Waals surface area contributed by atoms with E-state index in [1.807, 2.05) is 0 Å². The average molecular weight is 267 g/mol. The van der Waals surface area contributed by atoms with Crippen LogP contribution in [0.25, 0.3) is 0 Å². The topological polar surface area (TPSA) is 21.3 Å². The fraction of sp³-hybridized carbons (Fsp3) is 0.733. The summed E-state index contributed by atoms with van der Waals surface area (Å²) in [6.07, 6.45) is 6.59. The molecule has 1 unspecified atom stereocenters. The quantitative estimate of drug-likeness (QED) is 0.754. The molecule has 2 nitrogen and oxygen atoms in total. The molecule has 0 aromatic carbocycles. The fourth-order valence-electron chi connectivity index (χ4n) is 2.55. The summed E-state index contributed by atoms with van der Waals surface area (Å²) < 4.78 is 5.39. The summed E-state index contributed by atoms with van der Waals surface area (Å²) in [4.78, 5) is 0. The lowest BCUT2D eigenvalue weighted by Crippen LogP contribution is -2.20. The number of thiophene rings is 1. The molecule has 2 rings (SSSR count). The van der Waals surface area contributed by atoms with Crippen LogP contribution in [0, 0.1) is 5.92 Å². The van der Waals surface area contributed by atoms with E-state index >= 15 is 0 Å². The van der Waals surface area contributed by atoms with Gasteiger partial charge in [0.15, 0.2) is 0 Å². The standard InChI is InChI=1S/C15H25NOS/c1-13(15-7-11-18-12-15)16-8-3-2-4-14-5-9-17-10-6-14/h7,11-14,16H,2-6,8-10H2,1H3. The zero-order chi connectivity index (χ0) is 12.6. The van der Waals surface area contributed by atoms with Gasteiger partial charge in [-0.05, 0) is 61.0 Å². The first-order valence-corrected chi connectivity index (χ1v) is 8.14. The summed E-state index contributed by atoms with van der Waals surface area (Å²) in [6.45, 7) is 5.36. The first-order valence-electron chi connectivity index (χ1n) is 7.19. The summed E-state index contributed by atoms with van der Waals surface area (Å²) in [5, 5.41) is 7.99. The monoisotopic (exact) mass is 267 g/mol. The first-order chi connectivity index (χ1) is 8.86. The van der Waals surface area contributed by atoms with Crippen LogP contribution >= 0.6 is 11.3 Å². The number of unbranched alkanes of at least 4 members (excludes halogenated alkanes) is 1. The Hall–Kier alpha value is -0.380. The molecule has 1 aromatic rings. The zero-order valence-electron chi connectivity index (χ0n) is 11.4. The summed E-state index contributed by atoms with van der Waals surface area (Å²) in [5.41, 5.74) is 1.42. The molecule has 1 fully saturated rings. The van der Waals surface area contributed by atoms with E-state index in [9.17, 15) is 0 Å². The van der Waals surface area contributed by atoms with Gasteiger partial charge in [-0.3, -0.25) is 0 Å². The van der Waals surface area contributed by atoms with Crippen molar-refractivity contribution in [3.63, 3.8) is 0 Å². The van der Waals surface area contributed by atoms with Crippen LogP contribution in [-0.2, 0) is 4.74 Å². The lowest BCUT2D eigenvalue weighted by molar-refractivity contribution is 0.0631. The Bertz CT molecular complexity index is 306. The Morgan fingerprint density at radius 1 is 1.39 bits per heavy atom. The smallest absolute Gasteiger partial charge is 0.0468 e. The molecular weight excluding hydrogens is 242 g/mol. The number of rotatable bonds is 7. The van der Waals surface area contributed by atoms with Crippen LogP contribution in [0.15, 0.2) is 16.8 Å². The average Bonchev–Trinajstić information content (AvgIpc) is 2.93. The van der Waals surface area contributed by atoms with E-state index in [-0.39, 0.29) is 0 Å². The molecule has 1 saturated heterocycles. The highest BCUT2D eigenvalue weighted by atomic mass is 32.1. The normalized spacial score (nSPS) is 18.9. The van der Waals surface area contributed by atoms with Crippen molar-refractivity contribution in [3.05, 3.63) is 22.4 Å².